The van der Waals surface area contributed by atoms with Gasteiger partial charge in [0, 0.05) is 19.4 Å². The van der Waals surface area contributed by atoms with Crippen molar-refractivity contribution in [3.63, 3.8) is 0 Å². The van der Waals surface area contributed by atoms with E-state index in [9.17, 15) is 29.3 Å². The first-order chi connectivity index (χ1) is 28.6. The van der Waals surface area contributed by atoms with Gasteiger partial charge in [-0.1, -0.05) is 150 Å². The first-order valence-electron chi connectivity index (χ1n) is 21.9. The molecule has 5 N–H and O–H groups in total. The van der Waals surface area contributed by atoms with Gasteiger partial charge >= 0.3 is 19.8 Å². The number of ether oxygens (including phenoxy) is 2. The molecule has 0 saturated heterocycles. The number of phosphoric ester groups is 1. The zero-order valence-corrected chi connectivity index (χ0v) is 37.1. The Balaban J connectivity index is 4.47. The average Bonchev–Trinajstić information content (AvgIpc) is 3.21. The van der Waals surface area contributed by atoms with Gasteiger partial charge in [0.25, 0.3) is 0 Å². The predicted octanol–water partition coefficient (Wildman–Crippen LogP) is 10.5. The zero-order chi connectivity index (χ0) is 43.5. The van der Waals surface area contributed by atoms with Crippen LogP contribution >= 0.6 is 7.82 Å². The number of hydrogen-bond acceptors (Lipinski definition) is 10. The lowest BCUT2D eigenvalue weighted by Crippen LogP contribution is -2.29. The summed E-state index contributed by atoms with van der Waals surface area (Å²) >= 11 is 0. The van der Waals surface area contributed by atoms with E-state index >= 15 is 0 Å². The monoisotopic (exact) mass is 848 g/mol. The van der Waals surface area contributed by atoms with Crippen molar-refractivity contribution in [1.82, 2.24) is 0 Å². The van der Waals surface area contributed by atoms with Gasteiger partial charge in [0.1, 0.15) is 6.61 Å². The second-order valence-corrected chi connectivity index (χ2v) is 15.7. The van der Waals surface area contributed by atoms with Crippen LogP contribution in [0.25, 0.3) is 0 Å². The van der Waals surface area contributed by atoms with Crippen LogP contribution in [0.15, 0.2) is 97.2 Å². The second kappa shape index (κ2) is 41.6. The molecule has 0 aromatic carbocycles. The van der Waals surface area contributed by atoms with Crippen molar-refractivity contribution >= 4 is 19.8 Å². The second-order valence-electron chi connectivity index (χ2n) is 14.3. The van der Waals surface area contributed by atoms with Crippen LogP contribution in [0, 0.1) is 0 Å². The van der Waals surface area contributed by atoms with Crippen LogP contribution in [-0.2, 0) is 32.7 Å². The Kier molecular flexibility index (Phi) is 39.4. The quantitative estimate of drug-likeness (QED) is 0.0152. The lowest BCUT2D eigenvalue weighted by molar-refractivity contribution is -0.161. The van der Waals surface area contributed by atoms with Gasteiger partial charge in [-0.25, -0.2) is 4.57 Å². The molecule has 0 aromatic rings. The molecule has 0 bridgehead atoms. The van der Waals surface area contributed by atoms with Crippen LogP contribution < -0.4 is 5.73 Å². The lowest BCUT2D eigenvalue weighted by Gasteiger charge is -2.20. The highest BCUT2D eigenvalue weighted by atomic mass is 31.2. The minimum Gasteiger partial charge on any atom is -0.462 e. The van der Waals surface area contributed by atoms with E-state index in [1.807, 2.05) is 30.4 Å². The number of nitrogens with two attached hydrogens (primary N) is 1. The Morgan fingerprint density at radius 3 is 1.68 bits per heavy atom. The molecule has 0 aliphatic carbocycles. The summed E-state index contributed by atoms with van der Waals surface area (Å²) in [6.07, 6.45) is 46.5. The first kappa shape index (κ1) is 55.9. The number of unbranched alkanes of at least 4 members (excludes halogenated alkanes) is 8. The van der Waals surface area contributed by atoms with Gasteiger partial charge in [-0.05, 0) is 77.0 Å². The number of aliphatic hydroxyl groups is 2. The Hall–Kier alpha value is -3.15. The van der Waals surface area contributed by atoms with Gasteiger partial charge in [0.2, 0.25) is 0 Å². The van der Waals surface area contributed by atoms with Crippen molar-refractivity contribution in [3.8, 4) is 0 Å². The Bertz CT molecular complexity index is 1320. The molecular weight excluding hydrogens is 769 g/mol. The normalized spacial score (nSPS) is 15.3. The van der Waals surface area contributed by atoms with Crippen molar-refractivity contribution < 1.29 is 47.8 Å². The van der Waals surface area contributed by atoms with E-state index in [0.29, 0.717) is 25.7 Å². The molecule has 0 amide bonds. The molecule has 4 atom stereocenters. The number of rotatable bonds is 39. The fourth-order valence-electron chi connectivity index (χ4n) is 5.30. The number of esters is 2. The summed E-state index contributed by atoms with van der Waals surface area (Å²) < 4.78 is 32.6. The van der Waals surface area contributed by atoms with Crippen LogP contribution in [0.3, 0.4) is 0 Å². The number of carbonyl (C=O) groups is 2. The molecule has 0 fully saturated rings. The van der Waals surface area contributed by atoms with Crippen LogP contribution in [0.1, 0.15) is 142 Å². The highest BCUT2D eigenvalue weighted by molar-refractivity contribution is 7.47. The van der Waals surface area contributed by atoms with Gasteiger partial charge < -0.3 is 30.3 Å². The van der Waals surface area contributed by atoms with E-state index in [4.69, 9.17) is 24.3 Å². The third-order valence-electron chi connectivity index (χ3n) is 8.65. The van der Waals surface area contributed by atoms with Crippen LogP contribution in [0.4, 0.5) is 0 Å². The van der Waals surface area contributed by atoms with E-state index in [0.717, 1.165) is 64.2 Å². The highest BCUT2D eigenvalue weighted by Gasteiger charge is 2.26. The molecule has 59 heavy (non-hydrogen) atoms. The molecule has 0 saturated carbocycles. The molecule has 0 aliphatic rings. The van der Waals surface area contributed by atoms with Crippen LogP contribution in [0.5, 0.6) is 0 Å². The third kappa shape index (κ3) is 41.4. The Morgan fingerprint density at radius 1 is 0.593 bits per heavy atom. The van der Waals surface area contributed by atoms with Crippen molar-refractivity contribution in [2.45, 2.75) is 161 Å². The lowest BCUT2D eigenvalue weighted by atomic mass is 10.1. The average molecular weight is 848 g/mol. The standard InChI is InChI=1S/C47H78NO10P/c1-3-5-7-8-9-10-11-12-13-14-15-16-17-18-19-20-24-27-31-37-46(51)55-41-45(42-57-59(53,54)56-40-39-48)58-47(52)38-32-36-44(50)35-30-26-23-21-22-25-29-34-43(49)33-28-6-4-2/h9-10,12-13,15-16,18-19,22-23,25-26,29-30,34-35,43-45,49-50H,3-8,11,14,17,20-21,24,27-28,31-33,36-42,48H2,1-2H3,(H,53,54)/b10-9-,13-12-,16-15-,19-18-,25-22-,26-23-,34-29+,35-30+/t43-,44-,45-/m1/s1. The molecule has 0 spiro atoms. The molecule has 0 radical (unpaired) electrons. The summed E-state index contributed by atoms with van der Waals surface area (Å²) in [4.78, 5) is 34.9. The Morgan fingerprint density at radius 2 is 1.10 bits per heavy atom. The number of aliphatic hydroxyl groups excluding tert-OH is 2. The summed E-state index contributed by atoms with van der Waals surface area (Å²) in [6.45, 7) is 3.27. The van der Waals surface area contributed by atoms with E-state index in [1.165, 1.54) is 25.7 Å². The first-order valence-corrected chi connectivity index (χ1v) is 23.4. The van der Waals surface area contributed by atoms with E-state index in [2.05, 4.69) is 62.5 Å². The topological polar surface area (TPSA) is 175 Å². The van der Waals surface area contributed by atoms with Gasteiger partial charge in [-0.15, -0.1) is 0 Å². The fourth-order valence-corrected chi connectivity index (χ4v) is 6.07. The van der Waals surface area contributed by atoms with Crippen molar-refractivity contribution in [2.24, 2.45) is 5.73 Å². The molecule has 12 heteroatoms. The molecule has 1 unspecified atom stereocenters. The summed E-state index contributed by atoms with van der Waals surface area (Å²) in [5.41, 5.74) is 5.33. The smallest absolute Gasteiger partial charge is 0.462 e. The summed E-state index contributed by atoms with van der Waals surface area (Å²) in [7, 11) is -4.46. The summed E-state index contributed by atoms with van der Waals surface area (Å²) in [5, 5.41) is 20.2. The summed E-state index contributed by atoms with van der Waals surface area (Å²) in [5.74, 6) is -1.10. The van der Waals surface area contributed by atoms with Crippen molar-refractivity contribution in [1.29, 1.82) is 0 Å². The zero-order valence-electron chi connectivity index (χ0n) is 36.2. The maximum absolute atomic E-state index is 12.6. The molecule has 336 valence electrons. The molecule has 0 aromatic heterocycles. The third-order valence-corrected chi connectivity index (χ3v) is 9.63. The predicted molar refractivity (Wildman–Crippen MR) is 240 cm³/mol. The van der Waals surface area contributed by atoms with Gasteiger partial charge in [-0.2, -0.15) is 0 Å². The van der Waals surface area contributed by atoms with E-state index in [1.54, 1.807) is 18.2 Å². The van der Waals surface area contributed by atoms with Crippen molar-refractivity contribution in [2.75, 3.05) is 26.4 Å². The van der Waals surface area contributed by atoms with Gasteiger partial charge in [-0.3, -0.25) is 18.6 Å². The minimum atomic E-state index is -4.46. The molecule has 0 aliphatic heterocycles. The van der Waals surface area contributed by atoms with E-state index < -0.39 is 44.7 Å². The van der Waals surface area contributed by atoms with Crippen LogP contribution in [-0.4, -0.2) is 71.7 Å². The highest BCUT2D eigenvalue weighted by Crippen LogP contribution is 2.43. The van der Waals surface area contributed by atoms with E-state index in [-0.39, 0.29) is 32.6 Å². The SMILES string of the molecule is CCCCC/C=C\C/C=C\C/C=C\C/C=C\CCCCCC(=O)OC[C@H](COP(=O)(O)OCCN)OC(=O)CCC[C@H](O)/C=C/C=C\C/C=C\C=C\[C@H](O)CCCCC. The molecule has 0 rings (SSSR count). The molecule has 11 nitrogen and oxygen atoms in total. The van der Waals surface area contributed by atoms with Gasteiger partial charge in [0.05, 0.1) is 25.4 Å². The Labute approximate surface area is 356 Å². The number of hydrogen-bond donors (Lipinski definition) is 4. The number of carbonyl (C=O) groups excluding carboxylic acids is 2. The maximum atomic E-state index is 12.6. The maximum Gasteiger partial charge on any atom is 0.472 e. The van der Waals surface area contributed by atoms with Crippen molar-refractivity contribution in [3.05, 3.63) is 97.2 Å². The molecule has 0 heterocycles. The minimum absolute atomic E-state index is 0.00574. The largest absolute Gasteiger partial charge is 0.472 e. The molecular formula is C47H78NO10P. The number of allylic oxidation sites excluding steroid dienone is 14. The fraction of sp³-hybridized carbons (Fsp3) is 0.617. The number of phosphoric acid groups is 1. The van der Waals surface area contributed by atoms with Crippen LogP contribution in [0.2, 0.25) is 0 Å². The summed E-state index contributed by atoms with van der Waals surface area (Å²) in [6, 6.07) is 0. The van der Waals surface area contributed by atoms with Gasteiger partial charge in [0.15, 0.2) is 6.10 Å².